The van der Waals surface area contributed by atoms with Crippen molar-refractivity contribution >= 4 is 5.69 Å². The molecule has 0 saturated heterocycles. The Bertz CT molecular complexity index is 485. The Kier molecular flexibility index (Phi) is 2.57. The Labute approximate surface area is 97.9 Å². The van der Waals surface area contributed by atoms with Crippen molar-refractivity contribution in [2.45, 2.75) is 12.5 Å². The van der Waals surface area contributed by atoms with Crippen molar-refractivity contribution in [1.82, 2.24) is 10.7 Å². The number of fused-ring (bicyclic) bond motifs is 1. The van der Waals surface area contributed by atoms with Crippen LogP contribution in [-0.4, -0.2) is 13.1 Å². The molecule has 0 spiro atoms. The number of benzene rings is 1. The van der Waals surface area contributed by atoms with Gasteiger partial charge in [-0.15, -0.1) is 0 Å². The minimum Gasteiger partial charge on any atom is -0.318 e. The summed E-state index contributed by atoms with van der Waals surface area (Å²) in [4.78, 5) is 0. The van der Waals surface area contributed by atoms with Gasteiger partial charge in [0.15, 0.2) is 11.6 Å². The number of hydrogen-bond acceptors (Lipinski definition) is 3. The molecule has 1 unspecified atom stereocenters. The molecule has 1 aromatic rings. The van der Waals surface area contributed by atoms with E-state index in [0.29, 0.717) is 0 Å². The number of halogens is 2. The van der Waals surface area contributed by atoms with Crippen molar-refractivity contribution in [3.8, 4) is 0 Å². The van der Waals surface area contributed by atoms with Gasteiger partial charge < -0.3 is 10.7 Å². The third-order valence-electron chi connectivity index (χ3n) is 3.21. The Morgan fingerprint density at radius 2 is 2.12 bits per heavy atom. The predicted octanol–water partition coefficient (Wildman–Crippen LogP) is 1.86. The van der Waals surface area contributed by atoms with Crippen LogP contribution in [0.2, 0.25) is 0 Å². The Hall–Kier alpha value is -1.46. The third-order valence-corrected chi connectivity index (χ3v) is 3.21. The van der Waals surface area contributed by atoms with Crippen LogP contribution in [0.5, 0.6) is 0 Å². The highest BCUT2D eigenvalue weighted by atomic mass is 19.2. The fourth-order valence-corrected chi connectivity index (χ4v) is 2.33. The maximum Gasteiger partial charge on any atom is 0.183 e. The van der Waals surface area contributed by atoms with Gasteiger partial charge in [0.25, 0.3) is 0 Å². The van der Waals surface area contributed by atoms with Gasteiger partial charge in [0.1, 0.15) is 0 Å². The summed E-state index contributed by atoms with van der Waals surface area (Å²) in [6.45, 7) is 1.74. The second-order valence-corrected chi connectivity index (χ2v) is 4.27. The molecule has 0 fully saturated rings. The van der Waals surface area contributed by atoms with Crippen LogP contribution in [0.3, 0.4) is 0 Å². The van der Waals surface area contributed by atoms with E-state index in [0.717, 1.165) is 30.6 Å². The van der Waals surface area contributed by atoms with Gasteiger partial charge in [-0.05, 0) is 24.6 Å². The van der Waals surface area contributed by atoms with Crippen LogP contribution in [-0.2, 0) is 0 Å². The van der Waals surface area contributed by atoms with Crippen LogP contribution < -0.4 is 16.2 Å². The van der Waals surface area contributed by atoms with Gasteiger partial charge in [0.05, 0.1) is 11.7 Å². The zero-order valence-electron chi connectivity index (χ0n) is 9.19. The van der Waals surface area contributed by atoms with Gasteiger partial charge >= 0.3 is 0 Å². The van der Waals surface area contributed by atoms with E-state index in [-0.39, 0.29) is 11.7 Å². The van der Waals surface area contributed by atoms with Crippen molar-refractivity contribution in [2.24, 2.45) is 0 Å². The summed E-state index contributed by atoms with van der Waals surface area (Å²) in [5, 5.41) is 3.26. The molecule has 3 rings (SSSR count). The number of anilines is 1. The van der Waals surface area contributed by atoms with Crippen molar-refractivity contribution < 1.29 is 8.78 Å². The first-order chi connectivity index (χ1) is 8.27. The Morgan fingerprint density at radius 1 is 1.24 bits per heavy atom. The lowest BCUT2D eigenvalue weighted by molar-refractivity contribution is 0.511. The highest BCUT2D eigenvalue weighted by Crippen LogP contribution is 2.36. The van der Waals surface area contributed by atoms with E-state index >= 15 is 0 Å². The number of nitrogens with one attached hydrogen (secondary N) is 3. The van der Waals surface area contributed by atoms with Crippen molar-refractivity contribution in [2.75, 3.05) is 18.5 Å². The van der Waals surface area contributed by atoms with Gasteiger partial charge in [0.2, 0.25) is 0 Å². The fourth-order valence-electron chi connectivity index (χ4n) is 2.33. The highest BCUT2D eigenvalue weighted by Gasteiger charge is 2.29. The molecule has 0 amide bonds. The molecule has 2 aliphatic rings. The van der Waals surface area contributed by atoms with Crippen LogP contribution in [0.1, 0.15) is 18.0 Å². The van der Waals surface area contributed by atoms with Crippen LogP contribution in [0.25, 0.3) is 0 Å². The zero-order valence-corrected chi connectivity index (χ0v) is 9.19. The molecular formula is C12H13F2N3. The van der Waals surface area contributed by atoms with E-state index in [1.165, 1.54) is 6.07 Å². The molecule has 2 aliphatic heterocycles. The molecule has 0 bridgehead atoms. The summed E-state index contributed by atoms with van der Waals surface area (Å²) in [5.41, 5.74) is 7.86. The number of hydrazine groups is 1. The van der Waals surface area contributed by atoms with E-state index in [1.54, 1.807) is 6.07 Å². The largest absolute Gasteiger partial charge is 0.318 e. The van der Waals surface area contributed by atoms with Crippen molar-refractivity contribution in [1.29, 1.82) is 0 Å². The molecule has 90 valence electrons. The summed E-state index contributed by atoms with van der Waals surface area (Å²) in [7, 11) is 0. The molecule has 0 aromatic heterocycles. The Balaban J connectivity index is 1.99. The zero-order chi connectivity index (χ0) is 11.8. The smallest absolute Gasteiger partial charge is 0.183 e. The maximum absolute atomic E-state index is 13.5. The molecule has 3 nitrogen and oxygen atoms in total. The quantitative estimate of drug-likeness (QED) is 0.652. The summed E-state index contributed by atoms with van der Waals surface area (Å²) >= 11 is 0. The summed E-state index contributed by atoms with van der Waals surface area (Å²) in [6, 6.07) is 2.72. The summed E-state index contributed by atoms with van der Waals surface area (Å²) < 4.78 is 26.6. The first-order valence-corrected chi connectivity index (χ1v) is 5.66. The van der Waals surface area contributed by atoms with Gasteiger partial charge in [-0.3, -0.25) is 0 Å². The topological polar surface area (TPSA) is 36.1 Å². The number of hydrogen-bond donors (Lipinski definition) is 3. The lowest BCUT2D eigenvalue weighted by Crippen LogP contribution is -2.30. The molecule has 3 N–H and O–H groups in total. The van der Waals surface area contributed by atoms with Crippen molar-refractivity contribution in [3.63, 3.8) is 0 Å². The average Bonchev–Trinajstić information content (AvgIpc) is 2.79. The van der Waals surface area contributed by atoms with E-state index in [9.17, 15) is 8.78 Å². The van der Waals surface area contributed by atoms with Gasteiger partial charge in [0, 0.05) is 12.1 Å². The van der Waals surface area contributed by atoms with E-state index in [4.69, 9.17) is 0 Å². The molecule has 0 aliphatic carbocycles. The predicted molar refractivity (Wildman–Crippen MR) is 61.4 cm³/mol. The highest BCUT2D eigenvalue weighted by molar-refractivity contribution is 5.59. The maximum atomic E-state index is 13.5. The van der Waals surface area contributed by atoms with Crippen LogP contribution >= 0.6 is 0 Å². The fraction of sp³-hybridized carbons (Fsp3) is 0.333. The summed E-state index contributed by atoms with van der Waals surface area (Å²) in [6.07, 6.45) is 3.11. The standard InChI is InChI=1S/C12H13F2N3/c13-9-4-3-8-11(7-2-1-5-15-6-7)16-17-12(8)10(9)14/h2-4,11,15-17H,1,5-6H2. The van der Waals surface area contributed by atoms with Gasteiger partial charge in [-0.1, -0.05) is 12.1 Å². The lowest BCUT2D eigenvalue weighted by atomic mass is 9.96. The van der Waals surface area contributed by atoms with Gasteiger partial charge in [-0.2, -0.15) is 0 Å². The van der Waals surface area contributed by atoms with Crippen LogP contribution in [0, 0.1) is 11.6 Å². The molecule has 1 aromatic carbocycles. The second kappa shape index (κ2) is 4.09. The van der Waals surface area contributed by atoms with Gasteiger partial charge in [-0.25, -0.2) is 14.2 Å². The Morgan fingerprint density at radius 3 is 2.88 bits per heavy atom. The van der Waals surface area contributed by atoms with Crippen molar-refractivity contribution in [3.05, 3.63) is 41.0 Å². The molecule has 1 atom stereocenters. The number of rotatable bonds is 1. The van der Waals surface area contributed by atoms with E-state index in [1.807, 2.05) is 0 Å². The first kappa shape index (κ1) is 10.7. The average molecular weight is 237 g/mol. The van der Waals surface area contributed by atoms with E-state index < -0.39 is 11.6 Å². The molecule has 0 radical (unpaired) electrons. The lowest BCUT2D eigenvalue weighted by Gasteiger charge is -2.20. The molecular weight excluding hydrogens is 224 g/mol. The van der Waals surface area contributed by atoms with Crippen LogP contribution in [0.15, 0.2) is 23.8 Å². The molecule has 0 saturated carbocycles. The SMILES string of the molecule is Fc1ccc2c(c1F)NNC2C1=CCCNC1. The van der Waals surface area contributed by atoms with E-state index in [2.05, 4.69) is 22.2 Å². The first-order valence-electron chi connectivity index (χ1n) is 5.66. The third kappa shape index (κ3) is 1.71. The molecule has 2 heterocycles. The normalized spacial score (nSPS) is 22.9. The minimum absolute atomic E-state index is 0.0760. The van der Waals surface area contributed by atoms with Crippen LogP contribution in [0.4, 0.5) is 14.5 Å². The second-order valence-electron chi connectivity index (χ2n) is 4.27. The molecule has 17 heavy (non-hydrogen) atoms. The minimum atomic E-state index is -0.825. The molecule has 5 heteroatoms. The monoisotopic (exact) mass is 237 g/mol. The summed E-state index contributed by atoms with van der Waals surface area (Å²) in [5.74, 6) is -1.64.